The van der Waals surface area contributed by atoms with Crippen LogP contribution >= 0.6 is 24.0 Å². The van der Waals surface area contributed by atoms with Gasteiger partial charge in [0.15, 0.2) is 4.32 Å². The van der Waals surface area contributed by atoms with Gasteiger partial charge in [-0.25, -0.2) is 8.42 Å². The Morgan fingerprint density at radius 1 is 1.12 bits per heavy atom. The molecule has 0 bridgehead atoms. The van der Waals surface area contributed by atoms with Gasteiger partial charge in [0.2, 0.25) is 0 Å². The number of benzene rings is 2. The third kappa shape index (κ3) is 4.81. The lowest BCUT2D eigenvalue weighted by molar-refractivity contribution is 0.594. The number of rotatable bonds is 5. The van der Waals surface area contributed by atoms with Crippen molar-refractivity contribution in [1.29, 1.82) is 0 Å². The molecule has 1 N–H and O–H groups in total. The van der Waals surface area contributed by atoms with Crippen molar-refractivity contribution in [3.63, 3.8) is 0 Å². The fourth-order valence-corrected chi connectivity index (χ4v) is 3.42. The van der Waals surface area contributed by atoms with E-state index in [4.69, 9.17) is 12.2 Å². The maximum atomic E-state index is 12.7. The third-order valence-electron chi connectivity index (χ3n) is 3.55. The van der Waals surface area contributed by atoms with Crippen LogP contribution in [0.4, 0.5) is 5.69 Å². The van der Waals surface area contributed by atoms with Crippen LogP contribution in [0.15, 0.2) is 64.6 Å². The molecule has 0 saturated carbocycles. The number of nitrogens with zero attached hydrogens (tertiary/aromatic N) is 2. The number of para-hydroxylation sites is 1. The molecule has 0 atom stereocenters. The Morgan fingerprint density at radius 3 is 2.28 bits per heavy atom. The molecule has 0 aromatic heterocycles. The lowest BCUT2D eigenvalue weighted by Gasteiger charge is -2.19. The Kier molecular flexibility index (Phi) is 6.57. The summed E-state index contributed by atoms with van der Waals surface area (Å²) in [5.74, 6) is 0. The van der Waals surface area contributed by atoms with Crippen molar-refractivity contribution in [2.45, 2.75) is 11.8 Å². The van der Waals surface area contributed by atoms with Gasteiger partial charge in [0, 0.05) is 7.05 Å². The predicted octanol–water partition coefficient (Wildman–Crippen LogP) is 3.47. The second kappa shape index (κ2) is 8.46. The Balaban J connectivity index is 2.22. The fourth-order valence-electron chi connectivity index (χ4n) is 2.04. The van der Waals surface area contributed by atoms with Gasteiger partial charge in [-0.15, -0.1) is 0 Å². The molecule has 2 rings (SSSR count). The molecule has 25 heavy (non-hydrogen) atoms. The molecule has 0 spiro atoms. The highest BCUT2D eigenvalue weighted by molar-refractivity contribution is 8.22. The highest BCUT2D eigenvalue weighted by atomic mass is 32.2. The van der Waals surface area contributed by atoms with Gasteiger partial charge in [-0.3, -0.25) is 9.73 Å². The predicted molar refractivity (Wildman–Crippen MR) is 110 cm³/mol. The minimum Gasteiger partial charge on any atom is -0.269 e. The van der Waals surface area contributed by atoms with Gasteiger partial charge in [-0.2, -0.15) is 5.10 Å². The van der Waals surface area contributed by atoms with Crippen LogP contribution in [-0.2, 0) is 10.0 Å². The van der Waals surface area contributed by atoms with Gasteiger partial charge in [0.1, 0.15) is 0 Å². The van der Waals surface area contributed by atoms with Crippen molar-refractivity contribution in [3.8, 4) is 0 Å². The van der Waals surface area contributed by atoms with E-state index in [0.29, 0.717) is 10.0 Å². The average molecular weight is 394 g/mol. The molecule has 2 aromatic rings. The van der Waals surface area contributed by atoms with Crippen molar-refractivity contribution < 1.29 is 8.42 Å². The summed E-state index contributed by atoms with van der Waals surface area (Å²) in [4.78, 5) is 0.225. The van der Waals surface area contributed by atoms with Gasteiger partial charge in [-0.05, 0) is 43.0 Å². The summed E-state index contributed by atoms with van der Waals surface area (Å²) in [6, 6.07) is 15.6. The maximum Gasteiger partial charge on any atom is 0.264 e. The topological polar surface area (TPSA) is 61.8 Å². The maximum absolute atomic E-state index is 12.7. The molecular weight excluding hydrogens is 374 g/mol. The molecule has 0 amide bonds. The zero-order valence-corrected chi connectivity index (χ0v) is 16.6. The second-order valence-electron chi connectivity index (χ2n) is 5.13. The first kappa shape index (κ1) is 19.4. The molecule has 0 fully saturated rings. The van der Waals surface area contributed by atoms with Gasteiger partial charge < -0.3 is 0 Å². The van der Waals surface area contributed by atoms with E-state index in [9.17, 15) is 8.42 Å². The number of thiocarbonyl (C=S) groups is 1. The number of hydrogen-bond donors (Lipinski definition) is 1. The highest BCUT2D eigenvalue weighted by Gasteiger charge is 2.21. The molecule has 0 unspecified atom stereocenters. The van der Waals surface area contributed by atoms with E-state index in [-0.39, 0.29) is 4.90 Å². The van der Waals surface area contributed by atoms with E-state index in [1.54, 1.807) is 55.6 Å². The van der Waals surface area contributed by atoms with Gasteiger partial charge >= 0.3 is 0 Å². The molecule has 132 valence electrons. The summed E-state index contributed by atoms with van der Waals surface area (Å²) in [6.45, 7) is 1.83. The van der Waals surface area contributed by atoms with Crippen LogP contribution < -0.4 is 9.73 Å². The van der Waals surface area contributed by atoms with Crippen molar-refractivity contribution in [2.75, 3.05) is 17.6 Å². The molecule has 0 aliphatic carbocycles. The van der Waals surface area contributed by atoms with Crippen molar-refractivity contribution in [3.05, 3.63) is 60.2 Å². The number of thioether (sulfide) groups is 1. The monoisotopic (exact) mass is 393 g/mol. The van der Waals surface area contributed by atoms with Crippen molar-refractivity contribution in [1.82, 2.24) is 5.43 Å². The number of hydrogen-bond acceptors (Lipinski definition) is 5. The molecule has 0 heterocycles. The molecular formula is C17H19N3O2S3. The van der Waals surface area contributed by atoms with E-state index in [1.165, 1.54) is 16.1 Å². The SMILES string of the molecule is CSC(=S)N/N=C(/C)c1ccc(S(=O)(=O)N(C)c2ccccc2)cc1. The Morgan fingerprint density at radius 2 is 1.72 bits per heavy atom. The average Bonchev–Trinajstić information content (AvgIpc) is 2.65. The summed E-state index contributed by atoms with van der Waals surface area (Å²) >= 11 is 6.43. The first-order valence-electron chi connectivity index (χ1n) is 7.39. The molecule has 0 aliphatic rings. The fraction of sp³-hybridized carbons (Fsp3) is 0.176. The summed E-state index contributed by atoms with van der Waals surface area (Å²) in [5.41, 5.74) is 4.92. The number of nitrogens with one attached hydrogen (secondary N) is 1. The van der Waals surface area contributed by atoms with Crippen LogP contribution in [0.25, 0.3) is 0 Å². The number of sulfonamides is 1. The molecule has 2 aromatic carbocycles. The smallest absolute Gasteiger partial charge is 0.264 e. The van der Waals surface area contributed by atoms with Crippen LogP contribution in [0, 0.1) is 0 Å². The molecule has 0 aliphatic heterocycles. The zero-order valence-electron chi connectivity index (χ0n) is 14.1. The first-order valence-corrected chi connectivity index (χ1v) is 10.5. The van der Waals surface area contributed by atoms with Crippen molar-refractivity contribution in [2.24, 2.45) is 5.10 Å². The van der Waals surface area contributed by atoms with Crippen LogP contribution in [0.1, 0.15) is 12.5 Å². The lowest BCUT2D eigenvalue weighted by atomic mass is 10.1. The van der Waals surface area contributed by atoms with Gasteiger partial charge in [0.25, 0.3) is 10.0 Å². The van der Waals surface area contributed by atoms with Gasteiger partial charge in [-0.1, -0.05) is 54.3 Å². The van der Waals surface area contributed by atoms with Crippen molar-refractivity contribution >= 4 is 49.7 Å². The quantitative estimate of drug-likeness (QED) is 0.479. The van der Waals surface area contributed by atoms with Crippen LogP contribution in [0.2, 0.25) is 0 Å². The summed E-state index contributed by atoms with van der Waals surface area (Å²) in [5, 5.41) is 4.18. The second-order valence-corrected chi connectivity index (χ2v) is 8.59. The first-order chi connectivity index (χ1) is 11.9. The summed E-state index contributed by atoms with van der Waals surface area (Å²) in [6.07, 6.45) is 1.86. The molecule has 8 heteroatoms. The number of anilines is 1. The third-order valence-corrected chi connectivity index (χ3v) is 6.40. The van der Waals surface area contributed by atoms with E-state index >= 15 is 0 Å². The van der Waals surface area contributed by atoms with E-state index < -0.39 is 10.0 Å². The molecule has 0 radical (unpaired) electrons. The van der Waals surface area contributed by atoms with E-state index in [2.05, 4.69) is 10.5 Å². The number of hydrazone groups is 1. The Bertz CT molecular complexity index is 864. The van der Waals surface area contributed by atoms with Crippen LogP contribution in [0.3, 0.4) is 0 Å². The summed E-state index contributed by atoms with van der Waals surface area (Å²) in [7, 11) is -2.07. The van der Waals surface area contributed by atoms with Crippen LogP contribution in [-0.4, -0.2) is 31.8 Å². The van der Waals surface area contributed by atoms with Gasteiger partial charge in [0.05, 0.1) is 16.3 Å². The normalized spacial score (nSPS) is 11.9. The van der Waals surface area contributed by atoms with E-state index in [0.717, 1.165) is 11.3 Å². The largest absolute Gasteiger partial charge is 0.269 e. The minimum atomic E-state index is -3.61. The van der Waals surface area contributed by atoms with E-state index in [1.807, 2.05) is 19.2 Å². The Labute approximate surface area is 158 Å². The minimum absolute atomic E-state index is 0.225. The summed E-state index contributed by atoms with van der Waals surface area (Å²) < 4.78 is 27.3. The molecule has 5 nitrogen and oxygen atoms in total. The Hall–Kier alpha value is -1.90. The highest BCUT2D eigenvalue weighted by Crippen LogP contribution is 2.22. The standard InChI is InChI=1S/C17H19N3O2S3/c1-13(18-19-17(23)24-3)14-9-11-16(12-10-14)25(21,22)20(2)15-7-5-4-6-8-15/h4-12H,1-3H3,(H,19,23)/b18-13-. The molecule has 0 saturated heterocycles. The lowest BCUT2D eigenvalue weighted by Crippen LogP contribution is -2.26. The zero-order chi connectivity index (χ0) is 18.4. The van der Waals surface area contributed by atoms with Crippen LogP contribution in [0.5, 0.6) is 0 Å².